The summed E-state index contributed by atoms with van der Waals surface area (Å²) >= 11 is 1.27. The van der Waals surface area contributed by atoms with Crippen molar-refractivity contribution in [2.45, 2.75) is 83.0 Å². The van der Waals surface area contributed by atoms with Gasteiger partial charge in [-0.2, -0.15) is 0 Å². The number of hydrogen-bond donors (Lipinski definition) is 1. The topological polar surface area (TPSA) is 89.5 Å². The number of carbonyl (C=O) groups excluding carboxylic acids is 4. The fourth-order valence-electron chi connectivity index (χ4n) is 8.28. The molecule has 5 rings (SSSR count). The number of nitrogens with one attached hydrogen (secondary N) is 1. The number of fused-ring (bicyclic) bond motifs is 5. The van der Waals surface area contributed by atoms with Gasteiger partial charge in [0.15, 0.2) is 0 Å². The third kappa shape index (κ3) is 4.01. The molecule has 8 atom stereocenters. The summed E-state index contributed by atoms with van der Waals surface area (Å²) in [5, 5.41) is 3.38. The van der Waals surface area contributed by atoms with E-state index in [4.69, 9.17) is 4.74 Å². The van der Waals surface area contributed by atoms with Crippen LogP contribution in [0.3, 0.4) is 0 Å². The molecule has 5 aliphatic rings. The normalized spacial score (nSPS) is 43.9. The zero-order valence-corrected chi connectivity index (χ0v) is 21.2. The molecule has 3 unspecified atom stereocenters. The minimum Gasteiger partial charge on any atom is -0.459 e. The number of rotatable bonds is 4. The maximum atomic E-state index is 13.4. The van der Waals surface area contributed by atoms with Crippen LogP contribution in [-0.4, -0.2) is 47.1 Å². The molecule has 0 amide bonds. The van der Waals surface area contributed by atoms with E-state index in [9.17, 15) is 19.2 Å². The Hall–Kier alpha value is -1.47. The summed E-state index contributed by atoms with van der Waals surface area (Å²) < 4.78 is 6.02. The Balaban J connectivity index is 1.32. The smallest absolute Gasteiger partial charge is 0.331 e. The fourth-order valence-corrected chi connectivity index (χ4v) is 9.19. The lowest BCUT2D eigenvalue weighted by Gasteiger charge is -2.60. The van der Waals surface area contributed by atoms with Gasteiger partial charge < -0.3 is 10.1 Å². The third-order valence-electron chi connectivity index (χ3n) is 10.1. The number of ether oxygens (including phenoxy) is 1. The van der Waals surface area contributed by atoms with E-state index >= 15 is 0 Å². The number of ketones is 2. The zero-order valence-electron chi connectivity index (χ0n) is 20.3. The van der Waals surface area contributed by atoms with Gasteiger partial charge >= 0.3 is 5.97 Å². The Bertz CT molecular complexity index is 911. The molecule has 0 aromatic carbocycles. The number of esters is 1. The highest BCUT2D eigenvalue weighted by atomic mass is 32.2. The van der Waals surface area contributed by atoms with Gasteiger partial charge in [0, 0.05) is 47.5 Å². The quantitative estimate of drug-likeness (QED) is 0.476. The molecule has 4 saturated carbocycles. The highest BCUT2D eigenvalue weighted by molar-refractivity contribution is 8.14. The van der Waals surface area contributed by atoms with E-state index in [0.717, 1.165) is 58.0 Å². The van der Waals surface area contributed by atoms with Crippen LogP contribution in [0.25, 0.3) is 0 Å². The van der Waals surface area contributed by atoms with Crippen molar-refractivity contribution in [3.05, 3.63) is 12.2 Å². The second kappa shape index (κ2) is 9.20. The van der Waals surface area contributed by atoms with Crippen molar-refractivity contribution >= 4 is 34.4 Å². The summed E-state index contributed by atoms with van der Waals surface area (Å²) in [6.07, 6.45) is 9.57. The molecule has 1 heterocycles. The molecule has 5 fully saturated rings. The van der Waals surface area contributed by atoms with Crippen LogP contribution in [0.2, 0.25) is 0 Å². The Morgan fingerprint density at radius 3 is 2.65 bits per heavy atom. The molecule has 0 spiro atoms. The van der Waals surface area contributed by atoms with Crippen molar-refractivity contribution in [1.29, 1.82) is 0 Å². The molecule has 7 heteroatoms. The summed E-state index contributed by atoms with van der Waals surface area (Å²) in [4.78, 5) is 51.1. The first-order valence-corrected chi connectivity index (χ1v) is 14.0. The van der Waals surface area contributed by atoms with E-state index < -0.39 is 11.4 Å². The number of Topliss-reactive ketones (excluding diaryl/α,β-unsaturated/α-hetero) is 2. The van der Waals surface area contributed by atoms with Gasteiger partial charge in [-0.05, 0) is 75.3 Å². The minimum atomic E-state index is -0.489. The summed E-state index contributed by atoms with van der Waals surface area (Å²) in [5.74, 6) is 0.830. The average Bonchev–Trinajstić information content (AvgIpc) is 3.41. The Kier molecular flexibility index (Phi) is 6.56. The lowest BCUT2D eigenvalue weighted by atomic mass is 9.44. The molecule has 1 N–H and O–H groups in total. The predicted molar refractivity (Wildman–Crippen MR) is 130 cm³/mol. The van der Waals surface area contributed by atoms with Crippen LogP contribution in [0.15, 0.2) is 12.2 Å². The van der Waals surface area contributed by atoms with Crippen LogP contribution in [0, 0.1) is 34.5 Å². The van der Waals surface area contributed by atoms with Gasteiger partial charge in [0.05, 0.1) is 0 Å². The van der Waals surface area contributed by atoms with Crippen molar-refractivity contribution in [2.24, 2.45) is 34.5 Å². The fraction of sp³-hybridized carbons (Fsp3) is 0.778. The summed E-state index contributed by atoms with van der Waals surface area (Å²) in [6, 6.07) is 0. The third-order valence-corrected chi connectivity index (χ3v) is 11.2. The molecule has 0 aromatic rings. The number of thioether (sulfide) groups is 1. The largest absolute Gasteiger partial charge is 0.459 e. The maximum absolute atomic E-state index is 13.4. The molecule has 186 valence electrons. The first kappa shape index (κ1) is 24.2. The van der Waals surface area contributed by atoms with Gasteiger partial charge in [-0.25, -0.2) is 4.79 Å². The molecular formula is C27H37NO5S. The summed E-state index contributed by atoms with van der Waals surface area (Å²) in [5.41, 5.74) is -0.690. The first-order valence-electron chi connectivity index (χ1n) is 13.1. The van der Waals surface area contributed by atoms with Crippen LogP contribution < -0.4 is 5.32 Å². The number of carbonyl (C=O) groups is 4. The molecule has 0 radical (unpaired) electrons. The van der Waals surface area contributed by atoms with Crippen LogP contribution in [0.5, 0.6) is 0 Å². The van der Waals surface area contributed by atoms with Crippen LogP contribution in [-0.2, 0) is 23.9 Å². The first-order chi connectivity index (χ1) is 16.2. The van der Waals surface area contributed by atoms with Gasteiger partial charge in [-0.15, -0.1) is 0 Å². The van der Waals surface area contributed by atoms with E-state index in [0.29, 0.717) is 24.4 Å². The highest BCUT2D eigenvalue weighted by Gasteiger charge is 2.64. The highest BCUT2D eigenvalue weighted by Crippen LogP contribution is 2.65. The van der Waals surface area contributed by atoms with E-state index in [2.05, 4.69) is 19.2 Å². The lowest BCUT2D eigenvalue weighted by molar-refractivity contribution is -0.189. The molecule has 0 aromatic heterocycles. The summed E-state index contributed by atoms with van der Waals surface area (Å²) in [7, 11) is 0. The monoisotopic (exact) mass is 487 g/mol. The van der Waals surface area contributed by atoms with E-state index in [1.54, 1.807) is 0 Å². The molecule has 6 nitrogen and oxygen atoms in total. The van der Waals surface area contributed by atoms with E-state index in [1.165, 1.54) is 23.9 Å². The Morgan fingerprint density at radius 2 is 1.88 bits per heavy atom. The second-order valence-corrected chi connectivity index (χ2v) is 12.9. The van der Waals surface area contributed by atoms with Crippen molar-refractivity contribution in [2.75, 3.05) is 13.1 Å². The van der Waals surface area contributed by atoms with E-state index in [-0.39, 0.29) is 45.6 Å². The average molecular weight is 488 g/mol. The van der Waals surface area contributed by atoms with Gasteiger partial charge in [-0.3, -0.25) is 14.4 Å². The van der Waals surface area contributed by atoms with Gasteiger partial charge in [0.25, 0.3) is 0 Å². The van der Waals surface area contributed by atoms with Crippen molar-refractivity contribution < 1.29 is 23.9 Å². The number of hydrogen-bond acceptors (Lipinski definition) is 7. The van der Waals surface area contributed by atoms with Crippen LogP contribution in [0.1, 0.15) is 71.6 Å². The molecule has 1 aliphatic heterocycles. The van der Waals surface area contributed by atoms with E-state index in [1.807, 2.05) is 0 Å². The van der Waals surface area contributed by atoms with Crippen molar-refractivity contribution in [1.82, 2.24) is 5.32 Å². The summed E-state index contributed by atoms with van der Waals surface area (Å²) in [6.45, 7) is 6.02. The maximum Gasteiger partial charge on any atom is 0.331 e. The Morgan fingerprint density at radius 1 is 1.06 bits per heavy atom. The van der Waals surface area contributed by atoms with Gasteiger partial charge in [-0.1, -0.05) is 25.6 Å². The molecule has 0 bridgehead atoms. The predicted octanol–water partition coefficient (Wildman–Crippen LogP) is 3.87. The zero-order chi connectivity index (χ0) is 24.1. The lowest BCUT2D eigenvalue weighted by Crippen LogP contribution is -2.61. The molecule has 4 aliphatic carbocycles. The minimum absolute atomic E-state index is 0.0854. The van der Waals surface area contributed by atoms with Crippen molar-refractivity contribution in [3.63, 3.8) is 0 Å². The Labute approximate surface area is 206 Å². The molecule has 1 saturated heterocycles. The standard InChI is InChI=1S/C27H37NO5S/c1-26-12-10-19-17(18(26)6-7-22(26)30)14-21(29)20-4-3-5-23(27(19,20)2)33-24(31)8-9-25(32)34-16-11-13-28-15-16/h8-9,16-20,23,28H,3-7,10-15H2,1-2H3/b9-8+/t16?,17-,18-,19+,20?,23?,26-,27+/m0/s1. The van der Waals surface area contributed by atoms with Gasteiger partial charge in [0.2, 0.25) is 5.12 Å². The second-order valence-electron chi connectivity index (χ2n) is 11.6. The SMILES string of the molecule is C[C@]12C(OC(=O)/C=C/C(=O)SC3CCNC3)CCCC1C(=O)C[C@@H]1[C@H]2CC[C@]2(C)C(=O)CC[C@@H]12. The van der Waals surface area contributed by atoms with Gasteiger partial charge in [0.1, 0.15) is 17.7 Å². The van der Waals surface area contributed by atoms with Crippen LogP contribution >= 0.6 is 11.8 Å². The molecular weight excluding hydrogens is 450 g/mol. The van der Waals surface area contributed by atoms with Crippen molar-refractivity contribution in [3.8, 4) is 0 Å². The van der Waals surface area contributed by atoms with Crippen LogP contribution in [0.4, 0.5) is 0 Å². The molecule has 34 heavy (non-hydrogen) atoms.